The molecule has 0 aliphatic heterocycles. The zero-order chi connectivity index (χ0) is 26.2. The highest BCUT2D eigenvalue weighted by molar-refractivity contribution is 7.89. The number of hydrogen-bond donors (Lipinski definition) is 0. The van der Waals surface area contributed by atoms with Crippen LogP contribution in [-0.2, 0) is 17.1 Å². The van der Waals surface area contributed by atoms with Gasteiger partial charge in [-0.05, 0) is 42.5 Å². The Balaban J connectivity index is 1.71. The molecule has 0 amide bonds. The van der Waals surface area contributed by atoms with Gasteiger partial charge in [0.15, 0.2) is 5.82 Å². The second-order valence-corrected chi connectivity index (χ2v) is 10.8. The standard InChI is InChI=1S/C28H24N6O2S/c1-32(2)37(35,36)24-13-9-10-20(17-24)27-22(19-34(31-27)23-11-5-4-6-12-23)16-21(18-29)28-30-25-14-7-8-15-26(25)33(28)3/h4-17,19H,1-3H3/b21-16-. The average molecular weight is 509 g/mol. The number of nitriles is 1. The lowest BCUT2D eigenvalue weighted by atomic mass is 10.1. The third-order valence-electron chi connectivity index (χ3n) is 6.10. The number of benzene rings is 3. The lowest BCUT2D eigenvalue weighted by Crippen LogP contribution is -2.22. The van der Waals surface area contributed by atoms with Gasteiger partial charge in [0, 0.05) is 38.5 Å². The van der Waals surface area contributed by atoms with Crippen LogP contribution < -0.4 is 0 Å². The second kappa shape index (κ2) is 9.50. The molecule has 8 nitrogen and oxygen atoms in total. The number of aryl methyl sites for hydroxylation is 1. The zero-order valence-corrected chi connectivity index (χ0v) is 21.4. The molecular formula is C28H24N6O2S. The van der Waals surface area contributed by atoms with Gasteiger partial charge in [0.1, 0.15) is 11.8 Å². The molecule has 2 aromatic heterocycles. The number of sulfonamides is 1. The molecule has 5 aromatic rings. The summed E-state index contributed by atoms with van der Waals surface area (Å²) in [5.41, 5.74) is 4.74. The maximum Gasteiger partial charge on any atom is 0.242 e. The molecule has 0 aliphatic carbocycles. The summed E-state index contributed by atoms with van der Waals surface area (Å²) < 4.78 is 30.4. The largest absolute Gasteiger partial charge is 0.327 e. The third kappa shape index (κ3) is 4.44. The van der Waals surface area contributed by atoms with Crippen LogP contribution in [0, 0.1) is 11.3 Å². The normalized spacial score (nSPS) is 12.2. The van der Waals surface area contributed by atoms with Gasteiger partial charge in [-0.2, -0.15) is 10.4 Å². The van der Waals surface area contributed by atoms with Crippen molar-refractivity contribution < 1.29 is 8.42 Å². The van der Waals surface area contributed by atoms with Gasteiger partial charge in [0.05, 0.1) is 27.2 Å². The molecule has 5 rings (SSSR count). The molecule has 9 heteroatoms. The fourth-order valence-electron chi connectivity index (χ4n) is 4.13. The number of aromatic nitrogens is 4. The minimum absolute atomic E-state index is 0.162. The zero-order valence-electron chi connectivity index (χ0n) is 20.6. The van der Waals surface area contributed by atoms with Gasteiger partial charge in [-0.25, -0.2) is 22.4 Å². The molecule has 0 atom stereocenters. The van der Waals surface area contributed by atoms with E-state index in [2.05, 4.69) is 11.1 Å². The van der Waals surface area contributed by atoms with Crippen LogP contribution in [0.15, 0.2) is 90.0 Å². The summed E-state index contributed by atoms with van der Waals surface area (Å²) in [5, 5.41) is 14.9. The molecule has 0 unspecified atom stereocenters. The molecular weight excluding hydrogens is 484 g/mol. The Morgan fingerprint density at radius 3 is 2.43 bits per heavy atom. The van der Waals surface area contributed by atoms with Gasteiger partial charge in [-0.1, -0.05) is 42.5 Å². The first kappa shape index (κ1) is 24.2. The van der Waals surface area contributed by atoms with E-state index >= 15 is 0 Å². The first-order chi connectivity index (χ1) is 17.8. The summed E-state index contributed by atoms with van der Waals surface area (Å²) in [6.07, 6.45) is 3.58. The lowest BCUT2D eigenvalue weighted by molar-refractivity contribution is 0.521. The molecule has 0 N–H and O–H groups in total. The Kier molecular flexibility index (Phi) is 6.21. The van der Waals surface area contributed by atoms with Crippen LogP contribution in [0.3, 0.4) is 0 Å². The van der Waals surface area contributed by atoms with Crippen molar-refractivity contribution in [3.8, 4) is 23.0 Å². The van der Waals surface area contributed by atoms with E-state index in [0.717, 1.165) is 16.7 Å². The fourth-order valence-corrected chi connectivity index (χ4v) is 5.08. The maximum atomic E-state index is 12.8. The van der Waals surface area contributed by atoms with Crippen LogP contribution in [0.25, 0.3) is 39.6 Å². The van der Waals surface area contributed by atoms with Crippen molar-refractivity contribution in [2.75, 3.05) is 14.1 Å². The molecule has 37 heavy (non-hydrogen) atoms. The first-order valence-electron chi connectivity index (χ1n) is 11.5. The maximum absolute atomic E-state index is 12.8. The summed E-state index contributed by atoms with van der Waals surface area (Å²) in [6, 6.07) is 26.2. The molecule has 0 fully saturated rings. The third-order valence-corrected chi connectivity index (χ3v) is 7.91. The Bertz CT molecular complexity index is 1790. The number of hydrogen-bond acceptors (Lipinski definition) is 5. The van der Waals surface area contributed by atoms with E-state index in [-0.39, 0.29) is 4.90 Å². The highest BCUT2D eigenvalue weighted by atomic mass is 32.2. The van der Waals surface area contributed by atoms with Crippen LogP contribution in [-0.4, -0.2) is 46.1 Å². The van der Waals surface area contributed by atoms with Gasteiger partial charge in [0.2, 0.25) is 10.0 Å². The summed E-state index contributed by atoms with van der Waals surface area (Å²) in [4.78, 5) is 4.84. The molecule has 3 aromatic carbocycles. The summed E-state index contributed by atoms with van der Waals surface area (Å²) in [7, 11) is 1.23. The summed E-state index contributed by atoms with van der Waals surface area (Å²) in [5.74, 6) is 0.533. The van der Waals surface area contributed by atoms with Crippen molar-refractivity contribution in [2.24, 2.45) is 7.05 Å². The second-order valence-electron chi connectivity index (χ2n) is 8.68. The number of rotatable bonds is 6. The number of nitrogens with zero attached hydrogens (tertiary/aromatic N) is 6. The molecule has 0 spiro atoms. The monoisotopic (exact) mass is 508 g/mol. The van der Waals surface area contributed by atoms with Crippen LogP contribution in [0.5, 0.6) is 0 Å². The van der Waals surface area contributed by atoms with Gasteiger partial charge in [0.25, 0.3) is 0 Å². The Hall–Kier alpha value is -4.52. The van der Waals surface area contributed by atoms with Crippen molar-refractivity contribution >= 4 is 32.7 Å². The SMILES string of the molecule is CN(C)S(=O)(=O)c1cccc(-c2nn(-c3ccccc3)cc2/C=C(/C#N)c2nc3ccccc3n2C)c1. The van der Waals surface area contributed by atoms with E-state index in [1.54, 1.807) is 29.0 Å². The van der Waals surface area contributed by atoms with Gasteiger partial charge in [-0.15, -0.1) is 0 Å². The Labute approximate surface area is 215 Å². The van der Waals surface area contributed by atoms with Gasteiger partial charge >= 0.3 is 0 Å². The highest BCUT2D eigenvalue weighted by Crippen LogP contribution is 2.30. The van der Waals surface area contributed by atoms with E-state index in [9.17, 15) is 13.7 Å². The van der Waals surface area contributed by atoms with Crippen LogP contribution >= 0.6 is 0 Å². The van der Waals surface area contributed by atoms with E-state index in [4.69, 9.17) is 5.10 Å². The van der Waals surface area contributed by atoms with Crippen molar-refractivity contribution in [1.29, 1.82) is 5.26 Å². The van der Waals surface area contributed by atoms with E-state index in [0.29, 0.717) is 28.2 Å². The van der Waals surface area contributed by atoms with E-state index < -0.39 is 10.0 Å². The Morgan fingerprint density at radius 1 is 1.00 bits per heavy atom. The van der Waals surface area contributed by atoms with Gasteiger partial charge in [-0.3, -0.25) is 0 Å². The van der Waals surface area contributed by atoms with Crippen molar-refractivity contribution in [2.45, 2.75) is 4.90 Å². The van der Waals surface area contributed by atoms with E-state index in [1.807, 2.05) is 78.5 Å². The quantitative estimate of drug-likeness (QED) is 0.309. The van der Waals surface area contributed by atoms with Crippen molar-refractivity contribution in [3.63, 3.8) is 0 Å². The first-order valence-corrected chi connectivity index (χ1v) is 13.0. The van der Waals surface area contributed by atoms with Crippen LogP contribution in [0.4, 0.5) is 0 Å². The molecule has 2 heterocycles. The number of para-hydroxylation sites is 3. The molecule has 0 bridgehead atoms. The van der Waals surface area contributed by atoms with E-state index in [1.165, 1.54) is 18.4 Å². The Morgan fingerprint density at radius 2 is 1.73 bits per heavy atom. The smallest absolute Gasteiger partial charge is 0.242 e. The molecule has 184 valence electrons. The number of imidazole rings is 1. The topological polar surface area (TPSA) is 96.8 Å². The minimum atomic E-state index is -3.64. The van der Waals surface area contributed by atoms with Crippen LogP contribution in [0.1, 0.15) is 11.4 Å². The van der Waals surface area contributed by atoms with Crippen LogP contribution in [0.2, 0.25) is 0 Å². The number of fused-ring (bicyclic) bond motifs is 1. The molecule has 0 aliphatic rings. The lowest BCUT2D eigenvalue weighted by Gasteiger charge is -2.12. The fraction of sp³-hybridized carbons (Fsp3) is 0.107. The average Bonchev–Trinajstić information content (AvgIpc) is 3.49. The molecule has 0 radical (unpaired) electrons. The summed E-state index contributed by atoms with van der Waals surface area (Å²) >= 11 is 0. The van der Waals surface area contributed by atoms with Crippen molar-refractivity contribution in [1.82, 2.24) is 23.6 Å². The summed E-state index contributed by atoms with van der Waals surface area (Å²) in [6.45, 7) is 0. The molecule has 0 saturated carbocycles. The van der Waals surface area contributed by atoms with Gasteiger partial charge < -0.3 is 4.57 Å². The molecule has 0 saturated heterocycles. The predicted octanol–water partition coefficient (Wildman–Crippen LogP) is 4.74. The van der Waals surface area contributed by atoms with Crippen molar-refractivity contribution in [3.05, 3.63) is 96.4 Å². The minimum Gasteiger partial charge on any atom is -0.327 e. The predicted molar refractivity (Wildman–Crippen MR) is 144 cm³/mol. The number of allylic oxidation sites excluding steroid dienone is 1. The highest BCUT2D eigenvalue weighted by Gasteiger charge is 2.20.